The molecule has 0 aliphatic carbocycles. The number of hydrogen-bond acceptors (Lipinski definition) is 3. The lowest BCUT2D eigenvalue weighted by Gasteiger charge is -2.33. The van der Waals surface area contributed by atoms with Crippen molar-refractivity contribution in [1.29, 1.82) is 0 Å². The van der Waals surface area contributed by atoms with Crippen LogP contribution in [0.25, 0.3) is 0 Å². The number of nitrogens with two attached hydrogens (primary N) is 1. The van der Waals surface area contributed by atoms with Gasteiger partial charge in [0, 0.05) is 6.54 Å². The minimum absolute atomic E-state index is 0.0289. The van der Waals surface area contributed by atoms with Crippen LogP contribution in [0.1, 0.15) is 34.1 Å². The van der Waals surface area contributed by atoms with Crippen LogP contribution in [0.4, 0.5) is 0 Å². The molecule has 1 unspecified atom stereocenters. The van der Waals surface area contributed by atoms with E-state index in [9.17, 15) is 4.79 Å². The van der Waals surface area contributed by atoms with E-state index in [0.29, 0.717) is 6.54 Å². The summed E-state index contributed by atoms with van der Waals surface area (Å²) in [6, 6.07) is -0.434. The lowest BCUT2D eigenvalue weighted by molar-refractivity contribution is -0.143. The fourth-order valence-corrected chi connectivity index (χ4v) is 1.47. The molecule has 0 bridgehead atoms. The molecule has 0 saturated heterocycles. The van der Waals surface area contributed by atoms with Crippen molar-refractivity contribution in [3.05, 3.63) is 0 Å². The van der Waals surface area contributed by atoms with Gasteiger partial charge in [0.2, 0.25) is 0 Å². The number of nitrogens with zero attached hydrogens (tertiary/aromatic N) is 1. The Labute approximate surface area is 92.4 Å². The van der Waals surface area contributed by atoms with Gasteiger partial charge < -0.3 is 10.8 Å². The zero-order valence-electron chi connectivity index (χ0n) is 10.3. The van der Waals surface area contributed by atoms with Gasteiger partial charge in [0.25, 0.3) is 0 Å². The first kappa shape index (κ1) is 14.4. The van der Waals surface area contributed by atoms with E-state index in [4.69, 9.17) is 10.8 Å². The SMILES string of the molecule is CCCN(CC(C)(C)CN)C(C)C(=O)O. The number of carbonyl (C=O) groups is 1. The second-order valence-electron chi connectivity index (χ2n) is 4.85. The molecule has 0 aromatic rings. The van der Waals surface area contributed by atoms with E-state index in [1.807, 2.05) is 4.90 Å². The van der Waals surface area contributed by atoms with Crippen LogP contribution in [0, 0.1) is 5.41 Å². The lowest BCUT2D eigenvalue weighted by atomic mass is 9.92. The summed E-state index contributed by atoms with van der Waals surface area (Å²) in [7, 11) is 0. The average molecular weight is 216 g/mol. The normalized spacial score (nSPS) is 14.3. The van der Waals surface area contributed by atoms with Crippen LogP contribution < -0.4 is 5.73 Å². The van der Waals surface area contributed by atoms with Gasteiger partial charge in [0.15, 0.2) is 0 Å². The van der Waals surface area contributed by atoms with Crippen molar-refractivity contribution in [2.75, 3.05) is 19.6 Å². The van der Waals surface area contributed by atoms with Gasteiger partial charge in [-0.2, -0.15) is 0 Å². The number of carboxylic acid groups (broad SMARTS) is 1. The highest BCUT2D eigenvalue weighted by molar-refractivity contribution is 5.72. The first-order valence-electron chi connectivity index (χ1n) is 5.51. The highest BCUT2D eigenvalue weighted by Crippen LogP contribution is 2.17. The van der Waals surface area contributed by atoms with Gasteiger partial charge in [-0.1, -0.05) is 20.8 Å². The molecule has 90 valence electrons. The summed E-state index contributed by atoms with van der Waals surface area (Å²) in [5.74, 6) is -0.767. The molecule has 0 aliphatic rings. The Hall–Kier alpha value is -0.610. The van der Waals surface area contributed by atoms with Gasteiger partial charge in [-0.25, -0.2) is 0 Å². The number of rotatable bonds is 7. The van der Waals surface area contributed by atoms with E-state index in [1.54, 1.807) is 6.92 Å². The Kier molecular flexibility index (Phi) is 5.83. The minimum atomic E-state index is -0.767. The molecule has 0 fully saturated rings. The largest absolute Gasteiger partial charge is 0.480 e. The fraction of sp³-hybridized carbons (Fsp3) is 0.909. The van der Waals surface area contributed by atoms with Crippen LogP contribution in [0.3, 0.4) is 0 Å². The van der Waals surface area contributed by atoms with Crippen molar-refractivity contribution in [3.8, 4) is 0 Å². The third kappa shape index (κ3) is 5.14. The molecular weight excluding hydrogens is 192 g/mol. The molecule has 0 saturated carbocycles. The highest BCUT2D eigenvalue weighted by atomic mass is 16.4. The first-order chi connectivity index (χ1) is 6.84. The Morgan fingerprint density at radius 1 is 1.53 bits per heavy atom. The molecule has 4 heteroatoms. The molecule has 1 atom stereocenters. The second kappa shape index (κ2) is 6.08. The van der Waals surface area contributed by atoms with Crippen molar-refractivity contribution in [2.45, 2.75) is 40.2 Å². The molecule has 0 aliphatic heterocycles. The molecule has 15 heavy (non-hydrogen) atoms. The van der Waals surface area contributed by atoms with E-state index >= 15 is 0 Å². The predicted molar refractivity (Wildman–Crippen MR) is 61.8 cm³/mol. The van der Waals surface area contributed by atoms with Crippen molar-refractivity contribution in [3.63, 3.8) is 0 Å². The molecule has 0 radical (unpaired) electrons. The highest BCUT2D eigenvalue weighted by Gasteiger charge is 2.26. The first-order valence-corrected chi connectivity index (χ1v) is 5.51. The third-order valence-electron chi connectivity index (χ3n) is 2.60. The zero-order valence-corrected chi connectivity index (χ0v) is 10.3. The van der Waals surface area contributed by atoms with Crippen LogP contribution >= 0.6 is 0 Å². The van der Waals surface area contributed by atoms with Gasteiger partial charge in [0.1, 0.15) is 6.04 Å². The van der Waals surface area contributed by atoms with Crippen molar-refractivity contribution in [1.82, 2.24) is 4.90 Å². The minimum Gasteiger partial charge on any atom is -0.480 e. The molecule has 3 N–H and O–H groups in total. The molecule has 0 aromatic carbocycles. The quantitative estimate of drug-likeness (QED) is 0.670. The maximum Gasteiger partial charge on any atom is 0.320 e. The average Bonchev–Trinajstić information content (AvgIpc) is 2.15. The summed E-state index contributed by atoms with van der Waals surface area (Å²) in [6.07, 6.45) is 0.957. The van der Waals surface area contributed by atoms with Crippen LogP contribution in [0.5, 0.6) is 0 Å². The third-order valence-corrected chi connectivity index (χ3v) is 2.60. The molecule has 0 rings (SSSR count). The molecule has 0 heterocycles. The monoisotopic (exact) mass is 216 g/mol. The Morgan fingerprint density at radius 3 is 2.40 bits per heavy atom. The Balaban J connectivity index is 4.46. The van der Waals surface area contributed by atoms with Gasteiger partial charge in [-0.3, -0.25) is 9.69 Å². The number of carboxylic acids is 1. The van der Waals surface area contributed by atoms with Crippen molar-refractivity contribution >= 4 is 5.97 Å². The number of hydrogen-bond donors (Lipinski definition) is 2. The van der Waals surface area contributed by atoms with Gasteiger partial charge in [0.05, 0.1) is 0 Å². The van der Waals surface area contributed by atoms with E-state index in [-0.39, 0.29) is 5.41 Å². The topological polar surface area (TPSA) is 66.6 Å². The molecule has 0 spiro atoms. The predicted octanol–water partition coefficient (Wildman–Crippen LogP) is 1.16. The fourth-order valence-electron chi connectivity index (χ4n) is 1.47. The van der Waals surface area contributed by atoms with Crippen LogP contribution in [0.15, 0.2) is 0 Å². The van der Waals surface area contributed by atoms with Crippen molar-refractivity contribution < 1.29 is 9.90 Å². The summed E-state index contributed by atoms with van der Waals surface area (Å²) in [4.78, 5) is 12.9. The lowest BCUT2D eigenvalue weighted by Crippen LogP contribution is -2.46. The van der Waals surface area contributed by atoms with Crippen LogP contribution in [0.2, 0.25) is 0 Å². The molecule has 0 amide bonds. The smallest absolute Gasteiger partial charge is 0.320 e. The van der Waals surface area contributed by atoms with E-state index in [2.05, 4.69) is 20.8 Å². The summed E-state index contributed by atoms with van der Waals surface area (Å²) < 4.78 is 0. The van der Waals surface area contributed by atoms with Gasteiger partial charge in [-0.15, -0.1) is 0 Å². The summed E-state index contributed by atoms with van der Waals surface area (Å²) in [5.41, 5.74) is 5.62. The maximum atomic E-state index is 10.9. The second-order valence-corrected chi connectivity index (χ2v) is 4.85. The standard InChI is InChI=1S/C11H24N2O2/c1-5-6-13(9(2)10(14)15)8-11(3,4)7-12/h9H,5-8,12H2,1-4H3,(H,14,15). The maximum absolute atomic E-state index is 10.9. The summed E-state index contributed by atoms with van der Waals surface area (Å²) >= 11 is 0. The number of aliphatic carboxylic acids is 1. The Bertz CT molecular complexity index is 205. The Morgan fingerprint density at radius 2 is 2.07 bits per heavy atom. The van der Waals surface area contributed by atoms with Gasteiger partial charge in [-0.05, 0) is 31.8 Å². The van der Waals surface area contributed by atoms with Crippen LogP contribution in [-0.4, -0.2) is 41.7 Å². The summed E-state index contributed by atoms with van der Waals surface area (Å²) in [5, 5.41) is 8.98. The van der Waals surface area contributed by atoms with Gasteiger partial charge >= 0.3 is 5.97 Å². The van der Waals surface area contributed by atoms with Crippen LogP contribution in [-0.2, 0) is 4.79 Å². The summed E-state index contributed by atoms with van der Waals surface area (Å²) in [6.45, 7) is 10.00. The zero-order chi connectivity index (χ0) is 12.1. The van der Waals surface area contributed by atoms with E-state index in [1.165, 1.54) is 0 Å². The van der Waals surface area contributed by atoms with Crippen molar-refractivity contribution in [2.24, 2.45) is 11.1 Å². The molecule has 4 nitrogen and oxygen atoms in total. The molecule has 0 aromatic heterocycles. The van der Waals surface area contributed by atoms with E-state index in [0.717, 1.165) is 19.5 Å². The van der Waals surface area contributed by atoms with E-state index < -0.39 is 12.0 Å². The molecular formula is C11H24N2O2.